The van der Waals surface area contributed by atoms with Crippen molar-refractivity contribution >= 4 is 5.78 Å². The number of ketones is 1. The van der Waals surface area contributed by atoms with Crippen LogP contribution in [0.5, 0.6) is 0 Å². The van der Waals surface area contributed by atoms with Gasteiger partial charge in [0, 0.05) is 12.7 Å². The van der Waals surface area contributed by atoms with Gasteiger partial charge in [0.05, 0.1) is 11.8 Å². The minimum atomic E-state index is 0.0763. The van der Waals surface area contributed by atoms with Crippen molar-refractivity contribution in [1.29, 1.82) is 0 Å². The van der Waals surface area contributed by atoms with Gasteiger partial charge in [-0.1, -0.05) is 6.92 Å². The standard InChI is InChI=1S/C8H12N2O/c1-3-4-10-6-8(5-9-10)7(2)11/h5-6H,3-4H2,1-2H3. The first-order chi connectivity index (χ1) is 5.24. The van der Waals surface area contributed by atoms with Crippen molar-refractivity contribution in [2.75, 3.05) is 0 Å². The van der Waals surface area contributed by atoms with Gasteiger partial charge in [-0.25, -0.2) is 0 Å². The molecule has 0 aromatic carbocycles. The molecule has 0 spiro atoms. The molecular formula is C8H12N2O. The van der Waals surface area contributed by atoms with Gasteiger partial charge in [0.2, 0.25) is 0 Å². The molecule has 0 fully saturated rings. The van der Waals surface area contributed by atoms with Crippen LogP contribution in [0.1, 0.15) is 30.6 Å². The van der Waals surface area contributed by atoms with Gasteiger partial charge in [0.15, 0.2) is 5.78 Å². The maximum absolute atomic E-state index is 10.8. The quantitative estimate of drug-likeness (QED) is 0.615. The van der Waals surface area contributed by atoms with E-state index in [1.54, 1.807) is 24.0 Å². The number of aryl methyl sites for hydroxylation is 1. The van der Waals surface area contributed by atoms with Crippen LogP contribution in [0.4, 0.5) is 0 Å². The van der Waals surface area contributed by atoms with Gasteiger partial charge in [0.25, 0.3) is 0 Å². The van der Waals surface area contributed by atoms with E-state index in [0.29, 0.717) is 5.56 Å². The van der Waals surface area contributed by atoms with E-state index in [9.17, 15) is 4.79 Å². The third-order valence-corrected chi connectivity index (χ3v) is 1.49. The molecule has 1 aromatic heterocycles. The summed E-state index contributed by atoms with van der Waals surface area (Å²) in [4.78, 5) is 10.8. The topological polar surface area (TPSA) is 34.9 Å². The average Bonchev–Trinajstić information content (AvgIpc) is 2.37. The Morgan fingerprint density at radius 1 is 1.73 bits per heavy atom. The summed E-state index contributed by atoms with van der Waals surface area (Å²) in [5.74, 6) is 0.0763. The van der Waals surface area contributed by atoms with Gasteiger partial charge in [-0.05, 0) is 13.3 Å². The zero-order valence-corrected chi connectivity index (χ0v) is 6.87. The highest BCUT2D eigenvalue weighted by Crippen LogP contribution is 1.98. The molecule has 1 heterocycles. The first-order valence-corrected chi connectivity index (χ1v) is 3.77. The number of carbonyl (C=O) groups is 1. The monoisotopic (exact) mass is 152 g/mol. The Bertz CT molecular complexity index is 252. The van der Waals surface area contributed by atoms with Gasteiger partial charge in [-0.3, -0.25) is 9.48 Å². The zero-order chi connectivity index (χ0) is 8.27. The van der Waals surface area contributed by atoms with Gasteiger partial charge in [0.1, 0.15) is 0 Å². The molecule has 3 nitrogen and oxygen atoms in total. The fraction of sp³-hybridized carbons (Fsp3) is 0.500. The minimum Gasteiger partial charge on any atom is -0.294 e. The van der Waals surface area contributed by atoms with Gasteiger partial charge >= 0.3 is 0 Å². The molecule has 0 aliphatic heterocycles. The van der Waals surface area contributed by atoms with Crippen LogP contribution in [-0.2, 0) is 6.54 Å². The molecule has 3 heteroatoms. The Hall–Kier alpha value is -1.12. The van der Waals surface area contributed by atoms with Crippen LogP contribution in [0, 0.1) is 0 Å². The Morgan fingerprint density at radius 3 is 2.91 bits per heavy atom. The third-order valence-electron chi connectivity index (χ3n) is 1.49. The van der Waals surface area contributed by atoms with E-state index in [1.165, 1.54) is 0 Å². The molecule has 0 saturated carbocycles. The second-order valence-electron chi connectivity index (χ2n) is 2.55. The summed E-state index contributed by atoms with van der Waals surface area (Å²) in [6, 6.07) is 0. The van der Waals surface area contributed by atoms with Crippen molar-refractivity contribution in [1.82, 2.24) is 9.78 Å². The minimum absolute atomic E-state index is 0.0763. The molecule has 0 N–H and O–H groups in total. The van der Waals surface area contributed by atoms with E-state index in [0.717, 1.165) is 13.0 Å². The fourth-order valence-electron chi connectivity index (χ4n) is 0.897. The lowest BCUT2D eigenvalue weighted by molar-refractivity contribution is 0.101. The third kappa shape index (κ3) is 1.90. The Kier molecular flexibility index (Phi) is 2.41. The number of aromatic nitrogens is 2. The zero-order valence-electron chi connectivity index (χ0n) is 6.87. The first-order valence-electron chi connectivity index (χ1n) is 3.77. The van der Waals surface area contributed by atoms with Crippen LogP contribution < -0.4 is 0 Å². The average molecular weight is 152 g/mol. The Morgan fingerprint density at radius 2 is 2.45 bits per heavy atom. The molecule has 60 valence electrons. The number of Topliss-reactive ketones (excluding diaryl/α,β-unsaturated/α-hetero) is 1. The van der Waals surface area contributed by atoms with E-state index >= 15 is 0 Å². The summed E-state index contributed by atoms with van der Waals surface area (Å²) in [6.45, 7) is 4.51. The maximum atomic E-state index is 10.8. The van der Waals surface area contributed by atoms with Crippen molar-refractivity contribution < 1.29 is 4.79 Å². The van der Waals surface area contributed by atoms with Crippen molar-refractivity contribution in [3.05, 3.63) is 18.0 Å². The summed E-state index contributed by atoms with van der Waals surface area (Å²) in [5, 5.41) is 4.02. The number of hydrogen-bond donors (Lipinski definition) is 0. The summed E-state index contributed by atoms with van der Waals surface area (Å²) >= 11 is 0. The molecule has 0 amide bonds. The number of rotatable bonds is 3. The van der Waals surface area contributed by atoms with E-state index in [2.05, 4.69) is 12.0 Å². The van der Waals surface area contributed by atoms with E-state index in [1.807, 2.05) is 0 Å². The summed E-state index contributed by atoms with van der Waals surface area (Å²) < 4.78 is 1.79. The van der Waals surface area contributed by atoms with Crippen LogP contribution in [0.25, 0.3) is 0 Å². The van der Waals surface area contributed by atoms with Crippen molar-refractivity contribution in [3.8, 4) is 0 Å². The number of nitrogens with zero attached hydrogens (tertiary/aromatic N) is 2. The second kappa shape index (κ2) is 3.32. The molecule has 0 saturated heterocycles. The fourth-order valence-corrected chi connectivity index (χ4v) is 0.897. The SMILES string of the molecule is CCCn1cc(C(C)=O)cn1. The molecule has 0 atom stereocenters. The lowest BCUT2D eigenvalue weighted by atomic mass is 10.3. The van der Waals surface area contributed by atoms with Crippen LogP contribution in [0.2, 0.25) is 0 Å². The Balaban J connectivity index is 2.73. The second-order valence-corrected chi connectivity index (χ2v) is 2.55. The molecular weight excluding hydrogens is 140 g/mol. The predicted molar refractivity (Wildman–Crippen MR) is 42.5 cm³/mol. The molecule has 11 heavy (non-hydrogen) atoms. The van der Waals surface area contributed by atoms with Crippen LogP contribution in [-0.4, -0.2) is 15.6 Å². The molecule has 0 radical (unpaired) electrons. The van der Waals surface area contributed by atoms with E-state index in [4.69, 9.17) is 0 Å². The normalized spacial score (nSPS) is 10.0. The van der Waals surface area contributed by atoms with Gasteiger partial charge in [-0.2, -0.15) is 5.10 Å². The van der Waals surface area contributed by atoms with E-state index < -0.39 is 0 Å². The largest absolute Gasteiger partial charge is 0.294 e. The van der Waals surface area contributed by atoms with Crippen LogP contribution >= 0.6 is 0 Å². The molecule has 0 unspecified atom stereocenters. The lowest BCUT2D eigenvalue weighted by Gasteiger charge is -1.93. The molecule has 0 bridgehead atoms. The number of hydrogen-bond acceptors (Lipinski definition) is 2. The molecule has 1 rings (SSSR count). The van der Waals surface area contributed by atoms with Crippen molar-refractivity contribution in [2.45, 2.75) is 26.8 Å². The summed E-state index contributed by atoms with van der Waals surface area (Å²) in [5.41, 5.74) is 0.693. The highest BCUT2D eigenvalue weighted by molar-refractivity contribution is 5.93. The lowest BCUT2D eigenvalue weighted by Crippen LogP contribution is -1.96. The van der Waals surface area contributed by atoms with Crippen molar-refractivity contribution in [3.63, 3.8) is 0 Å². The highest BCUT2D eigenvalue weighted by Gasteiger charge is 2.00. The van der Waals surface area contributed by atoms with Crippen LogP contribution in [0.15, 0.2) is 12.4 Å². The summed E-state index contributed by atoms with van der Waals surface area (Å²) in [7, 11) is 0. The predicted octanol–water partition coefficient (Wildman–Crippen LogP) is 1.50. The van der Waals surface area contributed by atoms with Crippen molar-refractivity contribution in [2.24, 2.45) is 0 Å². The van der Waals surface area contributed by atoms with Gasteiger partial charge < -0.3 is 0 Å². The first kappa shape index (κ1) is 7.98. The van der Waals surface area contributed by atoms with Crippen LogP contribution in [0.3, 0.4) is 0 Å². The smallest absolute Gasteiger partial charge is 0.162 e. The Labute approximate surface area is 66.0 Å². The number of carbonyl (C=O) groups excluding carboxylic acids is 1. The maximum Gasteiger partial charge on any atom is 0.162 e. The highest BCUT2D eigenvalue weighted by atomic mass is 16.1. The summed E-state index contributed by atoms with van der Waals surface area (Å²) in [6.07, 6.45) is 4.43. The molecule has 1 aromatic rings. The van der Waals surface area contributed by atoms with E-state index in [-0.39, 0.29) is 5.78 Å². The molecule has 0 aliphatic carbocycles. The molecule has 0 aliphatic rings. The van der Waals surface area contributed by atoms with Gasteiger partial charge in [-0.15, -0.1) is 0 Å².